The minimum atomic E-state index is -0.963. The van der Waals surface area contributed by atoms with Gasteiger partial charge in [0.1, 0.15) is 12.2 Å². The van der Waals surface area contributed by atoms with Crippen molar-refractivity contribution in [3.05, 3.63) is 0 Å². The lowest BCUT2D eigenvalue weighted by molar-refractivity contribution is -0.323. The van der Waals surface area contributed by atoms with Gasteiger partial charge in [0.25, 0.3) is 0 Å². The fourth-order valence-corrected chi connectivity index (χ4v) is 4.08. The van der Waals surface area contributed by atoms with Crippen molar-refractivity contribution in [1.82, 2.24) is 0 Å². The van der Waals surface area contributed by atoms with Crippen LogP contribution in [-0.4, -0.2) is 62.8 Å². The molecule has 0 atom stereocenters. The Labute approximate surface area is 201 Å². The summed E-state index contributed by atoms with van der Waals surface area (Å²) in [6.45, 7) is 10.2. The minimum absolute atomic E-state index is 0.0853. The fraction of sp³-hybridized carbons (Fsp3) is 0.962. The number of ether oxygens (including phenoxy) is 6. The van der Waals surface area contributed by atoms with Crippen molar-refractivity contribution in [1.29, 1.82) is 0 Å². The molecule has 0 spiro atoms. The molecule has 194 valence electrons. The first-order valence-corrected chi connectivity index (χ1v) is 13.2. The first kappa shape index (κ1) is 28.5. The van der Waals surface area contributed by atoms with Gasteiger partial charge in [0, 0.05) is 0 Å². The maximum Gasteiger partial charge on any atom is 0.311 e. The Hall–Kier alpha value is -0.730. The van der Waals surface area contributed by atoms with Crippen LogP contribution < -0.4 is 0 Å². The average molecular weight is 473 g/mol. The summed E-state index contributed by atoms with van der Waals surface area (Å²) in [6.07, 6.45) is 13.1. The Bertz CT molecular complexity index is 523. The molecule has 0 unspecified atom stereocenters. The predicted molar refractivity (Wildman–Crippen MR) is 127 cm³/mol. The highest BCUT2D eigenvalue weighted by Gasteiger charge is 2.38. The largest absolute Gasteiger partial charge is 0.466 e. The molecule has 2 fully saturated rings. The molecule has 2 heterocycles. The number of carbonyl (C=O) groups excluding carboxylic acids is 1. The van der Waals surface area contributed by atoms with E-state index in [1.54, 1.807) is 6.92 Å². The first-order valence-electron chi connectivity index (χ1n) is 13.2. The highest BCUT2D eigenvalue weighted by Crippen LogP contribution is 2.27. The van der Waals surface area contributed by atoms with Gasteiger partial charge in [-0.15, -0.1) is 0 Å². The molecule has 33 heavy (non-hydrogen) atoms. The van der Waals surface area contributed by atoms with E-state index in [9.17, 15) is 4.79 Å². The van der Waals surface area contributed by atoms with Gasteiger partial charge in [-0.3, -0.25) is 4.79 Å². The molecule has 2 aliphatic rings. The Morgan fingerprint density at radius 2 is 1.18 bits per heavy atom. The van der Waals surface area contributed by atoms with E-state index < -0.39 is 11.6 Å². The van der Waals surface area contributed by atoms with Gasteiger partial charge in [-0.2, -0.15) is 0 Å². The summed E-state index contributed by atoms with van der Waals surface area (Å²) in [7, 11) is 0. The van der Waals surface area contributed by atoms with E-state index in [4.69, 9.17) is 28.4 Å². The molecule has 2 aliphatic heterocycles. The fourth-order valence-electron chi connectivity index (χ4n) is 4.08. The second-order valence-corrected chi connectivity index (χ2v) is 9.82. The molecule has 2 saturated heterocycles. The van der Waals surface area contributed by atoms with Crippen LogP contribution in [0, 0.1) is 0 Å². The maximum absolute atomic E-state index is 12.2. The average Bonchev–Trinajstić information content (AvgIpc) is 2.80. The third kappa shape index (κ3) is 11.5. The lowest BCUT2D eigenvalue weighted by atomic mass is 10.1. The van der Waals surface area contributed by atoms with Gasteiger partial charge in [-0.1, -0.05) is 71.6 Å². The van der Waals surface area contributed by atoms with Gasteiger partial charge < -0.3 is 28.4 Å². The maximum atomic E-state index is 12.2. The van der Waals surface area contributed by atoms with Crippen LogP contribution in [0.3, 0.4) is 0 Å². The van der Waals surface area contributed by atoms with E-state index in [-0.39, 0.29) is 24.6 Å². The van der Waals surface area contributed by atoms with Gasteiger partial charge in [-0.25, -0.2) is 0 Å². The van der Waals surface area contributed by atoms with Crippen molar-refractivity contribution in [2.75, 3.05) is 33.0 Å². The van der Waals surface area contributed by atoms with Crippen molar-refractivity contribution in [2.24, 2.45) is 0 Å². The van der Waals surface area contributed by atoms with Gasteiger partial charge in [0.05, 0.1) is 39.5 Å². The summed E-state index contributed by atoms with van der Waals surface area (Å²) in [5.41, 5.74) is 0. The van der Waals surface area contributed by atoms with E-state index in [1.807, 2.05) is 13.8 Å². The van der Waals surface area contributed by atoms with Crippen LogP contribution in [0.15, 0.2) is 0 Å². The van der Waals surface area contributed by atoms with E-state index >= 15 is 0 Å². The number of hydrogen-bond acceptors (Lipinski definition) is 7. The van der Waals surface area contributed by atoms with Crippen molar-refractivity contribution in [3.63, 3.8) is 0 Å². The topological polar surface area (TPSA) is 72.5 Å². The molecule has 7 heteroatoms. The number of carbonyl (C=O) groups is 1. The van der Waals surface area contributed by atoms with Crippen molar-refractivity contribution in [3.8, 4) is 0 Å². The van der Waals surface area contributed by atoms with E-state index in [0.717, 1.165) is 19.3 Å². The molecule has 0 saturated carbocycles. The molecule has 0 radical (unpaired) electrons. The number of hydrogen-bond donors (Lipinski definition) is 0. The molecule has 0 aliphatic carbocycles. The molecular formula is C26H48O7. The number of unbranched alkanes of at least 4 members (excludes halogenated alkanes) is 9. The zero-order chi connectivity index (χ0) is 24.0. The second-order valence-electron chi connectivity index (χ2n) is 9.82. The Morgan fingerprint density at radius 1 is 0.727 bits per heavy atom. The molecule has 0 amide bonds. The van der Waals surface area contributed by atoms with E-state index in [2.05, 4.69) is 6.92 Å². The third-order valence-electron chi connectivity index (χ3n) is 6.55. The smallest absolute Gasteiger partial charge is 0.311 e. The quantitative estimate of drug-likeness (QED) is 0.216. The monoisotopic (exact) mass is 472 g/mol. The van der Waals surface area contributed by atoms with Crippen LogP contribution in [0.2, 0.25) is 0 Å². The van der Waals surface area contributed by atoms with Crippen molar-refractivity contribution < 1.29 is 33.2 Å². The SMILES string of the molecule is CCCCCCCCCCCCOC(=O)CC1(C)OCC(OC2COC(C)(CC)OC2)CO1. The van der Waals surface area contributed by atoms with Gasteiger partial charge in [0.2, 0.25) is 0 Å². The third-order valence-corrected chi connectivity index (χ3v) is 6.55. The van der Waals surface area contributed by atoms with Crippen LogP contribution in [0.4, 0.5) is 0 Å². The van der Waals surface area contributed by atoms with Crippen LogP contribution in [-0.2, 0) is 33.2 Å². The van der Waals surface area contributed by atoms with Crippen LogP contribution in [0.1, 0.15) is 105 Å². The molecule has 0 aromatic carbocycles. The van der Waals surface area contributed by atoms with Crippen LogP contribution in [0.5, 0.6) is 0 Å². The van der Waals surface area contributed by atoms with E-state index in [1.165, 1.54) is 51.4 Å². The van der Waals surface area contributed by atoms with Crippen molar-refractivity contribution in [2.45, 2.75) is 129 Å². The first-order chi connectivity index (χ1) is 15.9. The molecule has 0 aromatic rings. The molecule has 2 rings (SSSR count). The zero-order valence-electron chi connectivity index (χ0n) is 21.5. The Morgan fingerprint density at radius 3 is 1.67 bits per heavy atom. The standard InChI is InChI=1S/C26H48O7/c1-5-7-8-9-10-11-12-13-14-15-16-28-24(27)17-26(4)31-20-23(21-32-26)33-22-18-29-25(3,6-2)30-19-22/h22-23H,5-21H2,1-4H3. The second kappa shape index (κ2) is 15.3. The summed E-state index contributed by atoms with van der Waals surface area (Å²) in [5, 5.41) is 0. The van der Waals surface area contributed by atoms with Crippen LogP contribution in [0.25, 0.3) is 0 Å². The van der Waals surface area contributed by atoms with Gasteiger partial charge in [-0.05, 0) is 26.7 Å². The highest BCUT2D eigenvalue weighted by molar-refractivity contribution is 5.70. The lowest BCUT2D eigenvalue weighted by Gasteiger charge is -2.41. The molecular weight excluding hydrogens is 424 g/mol. The summed E-state index contributed by atoms with van der Waals surface area (Å²) >= 11 is 0. The summed E-state index contributed by atoms with van der Waals surface area (Å²) in [4.78, 5) is 12.2. The predicted octanol–water partition coefficient (Wildman–Crippen LogP) is 5.53. The molecule has 0 N–H and O–H groups in total. The Kier molecular flexibility index (Phi) is 13.2. The van der Waals surface area contributed by atoms with Crippen LogP contribution >= 0.6 is 0 Å². The van der Waals surface area contributed by atoms with Gasteiger partial charge in [0.15, 0.2) is 11.6 Å². The van der Waals surface area contributed by atoms with E-state index in [0.29, 0.717) is 33.0 Å². The highest BCUT2D eigenvalue weighted by atomic mass is 16.7. The number of esters is 1. The minimum Gasteiger partial charge on any atom is -0.466 e. The van der Waals surface area contributed by atoms with Crippen molar-refractivity contribution >= 4 is 5.97 Å². The summed E-state index contributed by atoms with van der Waals surface area (Å²) < 4.78 is 34.6. The number of rotatable bonds is 16. The van der Waals surface area contributed by atoms with Gasteiger partial charge >= 0.3 is 5.97 Å². The molecule has 0 bridgehead atoms. The zero-order valence-corrected chi connectivity index (χ0v) is 21.5. The lowest BCUT2D eigenvalue weighted by Crippen LogP contribution is -2.50. The normalized spacial score (nSPS) is 30.3. The molecule has 0 aromatic heterocycles. The summed E-state index contributed by atoms with van der Waals surface area (Å²) in [6, 6.07) is 0. The molecule has 7 nitrogen and oxygen atoms in total. The Balaban J connectivity index is 1.48. The summed E-state index contributed by atoms with van der Waals surface area (Å²) in [5.74, 6) is -1.76.